The number of anilines is 4. The average Bonchev–Trinajstić information content (AvgIpc) is 3.69. The highest BCUT2D eigenvalue weighted by molar-refractivity contribution is 6.07. The molecule has 7 aromatic rings. The van der Waals surface area contributed by atoms with Crippen molar-refractivity contribution in [1.82, 2.24) is 30.0 Å². The molecule has 3 heterocycles. The van der Waals surface area contributed by atoms with E-state index in [4.69, 9.17) is 19.3 Å². The maximum absolute atomic E-state index is 13.6. The van der Waals surface area contributed by atoms with E-state index in [-0.39, 0.29) is 11.9 Å². The number of methoxy groups -OCH3 is 1. The second-order valence-electron chi connectivity index (χ2n) is 13.8. The fourth-order valence-electron chi connectivity index (χ4n) is 6.72. The van der Waals surface area contributed by atoms with Crippen molar-refractivity contribution in [1.29, 1.82) is 0 Å². The summed E-state index contributed by atoms with van der Waals surface area (Å²) in [6.07, 6.45) is 1.58. The van der Waals surface area contributed by atoms with Crippen LogP contribution in [0.25, 0.3) is 27.7 Å². The minimum Gasteiger partial charge on any atom is -0.495 e. The Hall–Kier alpha value is -7.29. The quantitative estimate of drug-likeness (QED) is 0.0902. The summed E-state index contributed by atoms with van der Waals surface area (Å²) < 4.78 is 19.0. The minimum atomic E-state index is -0.434. The van der Waals surface area contributed by atoms with E-state index in [1.807, 2.05) is 91.9 Å². The Balaban J connectivity index is 0.952. The van der Waals surface area contributed by atoms with Gasteiger partial charge in [-0.25, -0.2) is 14.5 Å². The average molecular weight is 790 g/mol. The Morgan fingerprint density at radius 1 is 0.797 bits per heavy atom. The molecule has 3 amide bonds. The molecule has 14 heteroatoms. The third-order valence-electron chi connectivity index (χ3n) is 9.80. The molecular weight excluding hydrogens is 747 g/mol. The SMILES string of the molecule is COc1cc(C(=O)NCCN2CCOCC2)ccc1Nc1nccc(Oc2ccc(NC(=O)Nc3cc(-c4ccccc4)nn3-c3ccc(C)cc3)c3ccccc23)n1. The molecule has 0 spiro atoms. The van der Waals surface area contributed by atoms with Crippen LogP contribution in [-0.4, -0.2) is 83.1 Å². The van der Waals surface area contributed by atoms with Crippen molar-refractivity contribution in [2.75, 3.05) is 62.5 Å². The molecule has 8 rings (SSSR count). The Morgan fingerprint density at radius 3 is 2.36 bits per heavy atom. The third kappa shape index (κ3) is 9.31. The van der Waals surface area contributed by atoms with Gasteiger partial charge in [0.15, 0.2) is 0 Å². The summed E-state index contributed by atoms with van der Waals surface area (Å²) in [5, 5.41) is 18.5. The van der Waals surface area contributed by atoms with Gasteiger partial charge in [-0.05, 0) is 49.4 Å². The normalized spacial score (nSPS) is 12.8. The van der Waals surface area contributed by atoms with Crippen LogP contribution >= 0.6 is 0 Å². The topological polar surface area (TPSA) is 157 Å². The molecule has 1 fully saturated rings. The molecule has 1 aliphatic rings. The number of carbonyl (C=O) groups is 2. The molecule has 0 atom stereocenters. The number of benzene rings is 5. The van der Waals surface area contributed by atoms with Gasteiger partial charge in [0, 0.05) is 66.4 Å². The molecular formula is C45H43N9O5. The lowest BCUT2D eigenvalue weighted by Crippen LogP contribution is -2.41. The summed E-state index contributed by atoms with van der Waals surface area (Å²) in [7, 11) is 1.54. The zero-order valence-electron chi connectivity index (χ0n) is 32.6. The third-order valence-corrected chi connectivity index (χ3v) is 9.80. The number of fused-ring (bicyclic) bond motifs is 1. The molecule has 0 saturated carbocycles. The number of morpholine rings is 1. The van der Waals surface area contributed by atoms with Gasteiger partial charge in [0.05, 0.1) is 43.1 Å². The van der Waals surface area contributed by atoms with Gasteiger partial charge < -0.3 is 30.2 Å². The first-order valence-corrected chi connectivity index (χ1v) is 19.3. The lowest BCUT2D eigenvalue weighted by atomic mass is 10.1. The molecule has 59 heavy (non-hydrogen) atoms. The second kappa shape index (κ2) is 17.9. The predicted molar refractivity (Wildman–Crippen MR) is 228 cm³/mol. The van der Waals surface area contributed by atoms with E-state index in [0.29, 0.717) is 59.9 Å². The van der Waals surface area contributed by atoms with Crippen molar-refractivity contribution in [3.05, 3.63) is 139 Å². The summed E-state index contributed by atoms with van der Waals surface area (Å²) in [4.78, 5) is 37.7. The van der Waals surface area contributed by atoms with Gasteiger partial charge in [-0.2, -0.15) is 10.1 Å². The van der Waals surface area contributed by atoms with Crippen LogP contribution in [0.2, 0.25) is 0 Å². The Morgan fingerprint density at radius 2 is 1.56 bits per heavy atom. The van der Waals surface area contributed by atoms with Gasteiger partial charge in [0.25, 0.3) is 5.91 Å². The van der Waals surface area contributed by atoms with Crippen LogP contribution in [0.4, 0.5) is 27.9 Å². The summed E-state index contributed by atoms with van der Waals surface area (Å²) in [5.74, 6) is 1.87. The van der Waals surface area contributed by atoms with E-state index in [2.05, 4.69) is 36.1 Å². The number of aromatic nitrogens is 4. The van der Waals surface area contributed by atoms with Crippen LogP contribution in [0.15, 0.2) is 128 Å². The maximum Gasteiger partial charge on any atom is 0.324 e. The van der Waals surface area contributed by atoms with E-state index in [0.717, 1.165) is 52.9 Å². The van der Waals surface area contributed by atoms with Crippen molar-refractivity contribution >= 4 is 45.9 Å². The summed E-state index contributed by atoms with van der Waals surface area (Å²) in [5.41, 5.74) is 5.22. The fourth-order valence-corrected chi connectivity index (χ4v) is 6.72. The number of hydrogen-bond donors (Lipinski definition) is 4. The molecule has 14 nitrogen and oxygen atoms in total. The van der Waals surface area contributed by atoms with Crippen molar-refractivity contribution in [3.63, 3.8) is 0 Å². The molecule has 298 valence electrons. The van der Waals surface area contributed by atoms with Crippen LogP contribution in [0, 0.1) is 6.92 Å². The second-order valence-corrected chi connectivity index (χ2v) is 13.8. The highest BCUT2D eigenvalue weighted by Gasteiger charge is 2.17. The van der Waals surface area contributed by atoms with Gasteiger partial charge in [-0.1, -0.05) is 72.3 Å². The van der Waals surface area contributed by atoms with Crippen LogP contribution in [0.3, 0.4) is 0 Å². The van der Waals surface area contributed by atoms with E-state index in [1.165, 1.54) is 7.11 Å². The molecule has 0 bridgehead atoms. The number of aryl methyl sites for hydroxylation is 1. The van der Waals surface area contributed by atoms with Gasteiger partial charge in [-0.15, -0.1) is 0 Å². The number of rotatable bonds is 13. The Labute approximate surface area is 341 Å². The van der Waals surface area contributed by atoms with Crippen molar-refractivity contribution in [2.24, 2.45) is 0 Å². The fraction of sp³-hybridized carbons (Fsp3) is 0.178. The number of nitrogens with one attached hydrogen (secondary N) is 4. The molecule has 5 aromatic carbocycles. The van der Waals surface area contributed by atoms with Gasteiger partial charge >= 0.3 is 6.03 Å². The highest BCUT2D eigenvalue weighted by atomic mass is 16.5. The van der Waals surface area contributed by atoms with Gasteiger partial charge in [0.2, 0.25) is 11.8 Å². The number of hydrogen-bond acceptors (Lipinski definition) is 10. The molecule has 2 aromatic heterocycles. The largest absolute Gasteiger partial charge is 0.495 e. The standard InChI is InChI=1S/C45H43N9O5/c1-30-12-15-33(16-13-30)54-41(29-38(52-54)31-8-4-3-5-9-31)50-45(56)49-36-18-19-39(35-11-7-6-10-34(35)36)59-42-20-21-47-44(51-42)48-37-17-14-32(28-40(37)57-2)43(55)46-22-23-53-24-26-58-27-25-53/h3-21,28-29H,22-27H2,1-2H3,(H,46,55)(H,47,48,51)(H2,49,50,56). The van der Waals surface area contributed by atoms with Crippen LogP contribution in [-0.2, 0) is 4.74 Å². The van der Waals surface area contributed by atoms with E-state index < -0.39 is 6.03 Å². The number of ether oxygens (including phenoxy) is 3. The lowest BCUT2D eigenvalue weighted by Gasteiger charge is -2.26. The minimum absolute atomic E-state index is 0.188. The lowest BCUT2D eigenvalue weighted by molar-refractivity contribution is 0.0383. The highest BCUT2D eigenvalue weighted by Crippen LogP contribution is 2.35. The van der Waals surface area contributed by atoms with Crippen LogP contribution in [0.1, 0.15) is 15.9 Å². The maximum atomic E-state index is 13.6. The first kappa shape index (κ1) is 38.6. The van der Waals surface area contributed by atoms with E-state index >= 15 is 0 Å². The van der Waals surface area contributed by atoms with E-state index in [9.17, 15) is 9.59 Å². The van der Waals surface area contributed by atoms with Gasteiger partial charge in [0.1, 0.15) is 17.3 Å². The predicted octanol–water partition coefficient (Wildman–Crippen LogP) is 8.04. The van der Waals surface area contributed by atoms with Crippen molar-refractivity contribution in [2.45, 2.75) is 6.92 Å². The van der Waals surface area contributed by atoms with Crippen LogP contribution in [0.5, 0.6) is 17.4 Å². The number of amides is 3. The number of urea groups is 1. The van der Waals surface area contributed by atoms with Crippen LogP contribution < -0.4 is 30.7 Å². The summed E-state index contributed by atoms with van der Waals surface area (Å²) in [6.45, 7) is 6.46. The van der Waals surface area contributed by atoms with Gasteiger partial charge in [-0.3, -0.25) is 15.0 Å². The smallest absolute Gasteiger partial charge is 0.324 e. The number of carbonyl (C=O) groups excluding carboxylic acids is 2. The summed E-state index contributed by atoms with van der Waals surface area (Å²) in [6, 6.07) is 37.2. The molecule has 4 N–H and O–H groups in total. The first-order valence-electron chi connectivity index (χ1n) is 19.3. The zero-order valence-corrected chi connectivity index (χ0v) is 32.6. The molecule has 1 saturated heterocycles. The zero-order chi connectivity index (χ0) is 40.6. The van der Waals surface area contributed by atoms with Crippen molar-refractivity contribution < 1.29 is 23.8 Å². The molecule has 0 unspecified atom stereocenters. The molecule has 0 radical (unpaired) electrons. The van der Waals surface area contributed by atoms with Crippen molar-refractivity contribution in [3.8, 4) is 34.3 Å². The molecule has 0 aliphatic carbocycles. The van der Waals surface area contributed by atoms with E-state index in [1.54, 1.807) is 47.3 Å². The monoisotopic (exact) mass is 789 g/mol. The Bertz CT molecular complexity index is 2570. The summed E-state index contributed by atoms with van der Waals surface area (Å²) >= 11 is 0. The molecule has 1 aliphatic heterocycles. The first-order chi connectivity index (χ1) is 28.9. The number of nitrogens with zero attached hydrogens (tertiary/aromatic N) is 5. The Kier molecular flexibility index (Phi) is 11.7.